The van der Waals surface area contributed by atoms with Crippen LogP contribution in [0, 0.1) is 5.82 Å². The lowest BCUT2D eigenvalue weighted by Gasteiger charge is -2.34. The van der Waals surface area contributed by atoms with Crippen LogP contribution >= 0.6 is 11.6 Å². The summed E-state index contributed by atoms with van der Waals surface area (Å²) in [5.41, 5.74) is 6.43. The van der Waals surface area contributed by atoms with Crippen molar-refractivity contribution in [2.24, 2.45) is 5.73 Å². The van der Waals surface area contributed by atoms with Gasteiger partial charge in [-0.3, -0.25) is 4.90 Å². The highest BCUT2D eigenvalue weighted by molar-refractivity contribution is 6.30. The quantitative estimate of drug-likeness (QED) is 0.901. The lowest BCUT2D eigenvalue weighted by Crippen LogP contribution is -2.38. The molecule has 94 valence electrons. The molecule has 1 atom stereocenters. The largest absolute Gasteiger partial charge is 0.329 e. The van der Waals surface area contributed by atoms with Crippen molar-refractivity contribution in [1.82, 2.24) is 4.90 Å². The molecular weight excluding hydrogens is 239 g/mol. The highest BCUT2D eigenvalue weighted by Gasteiger charge is 2.24. The van der Waals surface area contributed by atoms with Gasteiger partial charge in [0.15, 0.2) is 0 Å². The Kier molecular flexibility index (Phi) is 4.37. The Morgan fingerprint density at radius 1 is 1.29 bits per heavy atom. The van der Waals surface area contributed by atoms with Crippen LogP contribution in [0.4, 0.5) is 4.39 Å². The van der Waals surface area contributed by atoms with Crippen molar-refractivity contribution in [1.29, 1.82) is 0 Å². The second-order valence-corrected chi connectivity index (χ2v) is 4.90. The van der Waals surface area contributed by atoms with E-state index in [4.69, 9.17) is 17.3 Å². The molecule has 1 fully saturated rings. The zero-order valence-corrected chi connectivity index (χ0v) is 10.6. The van der Waals surface area contributed by atoms with E-state index in [2.05, 4.69) is 4.90 Å². The van der Waals surface area contributed by atoms with Gasteiger partial charge in [-0.15, -0.1) is 0 Å². The van der Waals surface area contributed by atoms with Gasteiger partial charge in [0.25, 0.3) is 0 Å². The predicted octanol–water partition coefficient (Wildman–Crippen LogP) is 2.96. The summed E-state index contributed by atoms with van der Waals surface area (Å²) >= 11 is 5.82. The van der Waals surface area contributed by atoms with Gasteiger partial charge in [0.05, 0.1) is 5.02 Å². The van der Waals surface area contributed by atoms with Gasteiger partial charge >= 0.3 is 0 Å². The molecule has 17 heavy (non-hydrogen) atoms. The summed E-state index contributed by atoms with van der Waals surface area (Å²) in [6.45, 7) is 2.42. The maximum absolute atomic E-state index is 14.0. The van der Waals surface area contributed by atoms with E-state index in [0.29, 0.717) is 12.1 Å². The zero-order valence-electron chi connectivity index (χ0n) is 9.83. The molecule has 1 aromatic rings. The van der Waals surface area contributed by atoms with E-state index in [1.54, 1.807) is 18.2 Å². The SMILES string of the molecule is NCC(c1cccc(Cl)c1F)N1CCCCC1. The monoisotopic (exact) mass is 256 g/mol. The van der Waals surface area contributed by atoms with Crippen LogP contribution in [0.5, 0.6) is 0 Å². The summed E-state index contributed by atoms with van der Waals surface area (Å²) in [4.78, 5) is 2.26. The molecule has 1 aromatic carbocycles. The van der Waals surface area contributed by atoms with Crippen molar-refractivity contribution in [2.45, 2.75) is 25.3 Å². The van der Waals surface area contributed by atoms with Crippen LogP contribution in [0.25, 0.3) is 0 Å². The number of hydrogen-bond acceptors (Lipinski definition) is 2. The third kappa shape index (κ3) is 2.79. The first-order valence-electron chi connectivity index (χ1n) is 6.12. The van der Waals surface area contributed by atoms with Crippen molar-refractivity contribution in [3.05, 3.63) is 34.6 Å². The Labute approximate surface area is 107 Å². The molecule has 1 heterocycles. The molecule has 0 bridgehead atoms. The Morgan fingerprint density at radius 3 is 2.65 bits per heavy atom. The van der Waals surface area contributed by atoms with Crippen LogP contribution in [0.2, 0.25) is 5.02 Å². The van der Waals surface area contributed by atoms with E-state index in [1.165, 1.54) is 19.3 Å². The molecule has 1 saturated heterocycles. The first kappa shape index (κ1) is 12.8. The number of hydrogen-bond donors (Lipinski definition) is 1. The van der Waals surface area contributed by atoms with Crippen molar-refractivity contribution in [3.8, 4) is 0 Å². The number of benzene rings is 1. The fourth-order valence-corrected chi connectivity index (χ4v) is 2.66. The molecule has 0 radical (unpaired) electrons. The minimum absolute atomic E-state index is 0.0472. The van der Waals surface area contributed by atoms with Crippen LogP contribution in [0.15, 0.2) is 18.2 Å². The van der Waals surface area contributed by atoms with Gasteiger partial charge in [-0.2, -0.15) is 0 Å². The molecule has 4 heteroatoms. The molecule has 2 nitrogen and oxygen atoms in total. The van der Waals surface area contributed by atoms with Crippen molar-refractivity contribution < 1.29 is 4.39 Å². The normalized spacial score (nSPS) is 19.2. The van der Waals surface area contributed by atoms with Crippen LogP contribution in [-0.4, -0.2) is 24.5 Å². The van der Waals surface area contributed by atoms with Gasteiger partial charge in [0, 0.05) is 18.2 Å². The topological polar surface area (TPSA) is 29.3 Å². The van der Waals surface area contributed by atoms with Crippen LogP contribution < -0.4 is 5.73 Å². The van der Waals surface area contributed by atoms with Gasteiger partial charge < -0.3 is 5.73 Å². The number of halogens is 2. The lowest BCUT2D eigenvalue weighted by molar-refractivity contribution is 0.164. The predicted molar refractivity (Wildman–Crippen MR) is 68.6 cm³/mol. The number of likely N-dealkylation sites (tertiary alicyclic amines) is 1. The average molecular weight is 257 g/mol. The van der Waals surface area contributed by atoms with Gasteiger partial charge in [0.2, 0.25) is 0 Å². The van der Waals surface area contributed by atoms with E-state index in [9.17, 15) is 4.39 Å². The summed E-state index contributed by atoms with van der Waals surface area (Å²) in [6, 6.07) is 5.10. The van der Waals surface area contributed by atoms with Crippen LogP contribution in [0.3, 0.4) is 0 Å². The third-order valence-electron chi connectivity index (χ3n) is 3.40. The van der Waals surface area contributed by atoms with Crippen molar-refractivity contribution in [2.75, 3.05) is 19.6 Å². The molecule has 2 N–H and O–H groups in total. The van der Waals surface area contributed by atoms with Gasteiger partial charge in [-0.05, 0) is 32.0 Å². The first-order chi connectivity index (χ1) is 8.24. The van der Waals surface area contributed by atoms with Crippen LogP contribution in [-0.2, 0) is 0 Å². The highest BCUT2D eigenvalue weighted by atomic mass is 35.5. The Hall–Kier alpha value is -0.640. The Bertz CT molecular complexity index is 378. The molecular formula is C13H18ClFN2. The van der Waals surface area contributed by atoms with Crippen LogP contribution in [0.1, 0.15) is 30.9 Å². The molecule has 1 aliphatic rings. The molecule has 0 aliphatic carbocycles. The smallest absolute Gasteiger partial charge is 0.146 e. The number of piperidine rings is 1. The number of nitrogens with two attached hydrogens (primary N) is 1. The Morgan fingerprint density at radius 2 is 2.00 bits per heavy atom. The summed E-state index contributed by atoms with van der Waals surface area (Å²) in [6.07, 6.45) is 3.59. The molecule has 1 unspecified atom stereocenters. The van der Waals surface area contributed by atoms with Crippen molar-refractivity contribution in [3.63, 3.8) is 0 Å². The molecule has 1 aliphatic heterocycles. The summed E-state index contributed by atoms with van der Waals surface area (Å²) in [5.74, 6) is -0.324. The summed E-state index contributed by atoms with van der Waals surface area (Å²) in [7, 11) is 0. The number of rotatable bonds is 3. The third-order valence-corrected chi connectivity index (χ3v) is 3.69. The van der Waals surface area contributed by atoms with E-state index in [-0.39, 0.29) is 16.9 Å². The highest BCUT2D eigenvalue weighted by Crippen LogP contribution is 2.28. The van der Waals surface area contributed by atoms with E-state index in [1.807, 2.05) is 0 Å². The van der Waals surface area contributed by atoms with Gasteiger partial charge in [-0.1, -0.05) is 30.2 Å². The maximum Gasteiger partial charge on any atom is 0.146 e. The second kappa shape index (κ2) is 5.80. The summed E-state index contributed by atoms with van der Waals surface area (Å²) < 4.78 is 14.0. The molecule has 0 spiro atoms. The average Bonchev–Trinajstić information content (AvgIpc) is 2.37. The number of nitrogens with zero attached hydrogens (tertiary/aromatic N) is 1. The van der Waals surface area contributed by atoms with E-state index < -0.39 is 0 Å². The standard InChI is InChI=1S/C13H18ClFN2/c14-11-6-4-5-10(13(11)15)12(9-16)17-7-2-1-3-8-17/h4-6,12H,1-3,7-9,16H2. The lowest BCUT2D eigenvalue weighted by atomic mass is 10.0. The van der Waals surface area contributed by atoms with E-state index >= 15 is 0 Å². The second-order valence-electron chi connectivity index (χ2n) is 4.49. The molecule has 0 aromatic heterocycles. The van der Waals surface area contributed by atoms with Gasteiger partial charge in [0.1, 0.15) is 5.82 Å². The first-order valence-corrected chi connectivity index (χ1v) is 6.50. The minimum atomic E-state index is -0.324. The molecule has 2 rings (SSSR count). The van der Waals surface area contributed by atoms with Gasteiger partial charge in [-0.25, -0.2) is 4.39 Å². The fourth-order valence-electron chi connectivity index (χ4n) is 2.48. The minimum Gasteiger partial charge on any atom is -0.329 e. The summed E-state index contributed by atoms with van der Waals surface area (Å²) in [5, 5.41) is 0.179. The van der Waals surface area contributed by atoms with E-state index in [0.717, 1.165) is 13.1 Å². The molecule has 0 saturated carbocycles. The zero-order chi connectivity index (χ0) is 12.3. The maximum atomic E-state index is 14.0. The Balaban J connectivity index is 2.24. The fraction of sp³-hybridized carbons (Fsp3) is 0.538. The molecule has 0 amide bonds. The van der Waals surface area contributed by atoms with Crippen molar-refractivity contribution >= 4 is 11.6 Å².